The second-order valence-corrected chi connectivity index (χ2v) is 5.91. The quantitative estimate of drug-likeness (QED) is 0.886. The van der Waals surface area contributed by atoms with Crippen LogP contribution in [0.15, 0.2) is 18.2 Å². The molecule has 1 aromatic carbocycles. The van der Waals surface area contributed by atoms with Crippen LogP contribution in [0.4, 0.5) is 0 Å². The molecule has 0 bridgehead atoms. The van der Waals surface area contributed by atoms with Crippen LogP contribution in [-0.4, -0.2) is 23.9 Å². The van der Waals surface area contributed by atoms with Gasteiger partial charge in [0, 0.05) is 6.42 Å². The van der Waals surface area contributed by atoms with E-state index in [9.17, 15) is 5.11 Å². The van der Waals surface area contributed by atoms with E-state index in [1.54, 1.807) is 7.11 Å². The largest absolute Gasteiger partial charge is 0.493 e. The third-order valence-corrected chi connectivity index (χ3v) is 4.18. The molecule has 2 saturated carbocycles. The van der Waals surface area contributed by atoms with Crippen molar-refractivity contribution in [2.75, 3.05) is 7.11 Å². The lowest BCUT2D eigenvalue weighted by Gasteiger charge is -2.17. The zero-order valence-electron chi connectivity index (χ0n) is 11.5. The predicted molar refractivity (Wildman–Crippen MR) is 73.8 cm³/mol. The average molecular weight is 262 g/mol. The highest BCUT2D eigenvalue weighted by Gasteiger charge is 2.40. The van der Waals surface area contributed by atoms with Gasteiger partial charge >= 0.3 is 0 Å². The van der Waals surface area contributed by atoms with Crippen LogP contribution in [0.3, 0.4) is 0 Å². The van der Waals surface area contributed by atoms with Gasteiger partial charge in [-0.2, -0.15) is 0 Å². The van der Waals surface area contributed by atoms with E-state index in [2.05, 4.69) is 0 Å². The lowest BCUT2D eigenvalue weighted by atomic mass is 10.1. The fourth-order valence-corrected chi connectivity index (χ4v) is 2.81. The highest BCUT2D eigenvalue weighted by atomic mass is 16.5. The molecule has 0 radical (unpaired) electrons. The van der Waals surface area contributed by atoms with Crippen molar-refractivity contribution >= 4 is 0 Å². The molecule has 0 atom stereocenters. The second-order valence-electron chi connectivity index (χ2n) is 5.91. The van der Waals surface area contributed by atoms with Crippen LogP contribution in [0.2, 0.25) is 0 Å². The molecule has 2 fully saturated rings. The molecule has 0 heterocycles. The number of methoxy groups -OCH3 is 1. The summed E-state index contributed by atoms with van der Waals surface area (Å²) >= 11 is 0. The Morgan fingerprint density at radius 2 is 1.95 bits per heavy atom. The summed E-state index contributed by atoms with van der Waals surface area (Å²) in [6, 6.07) is 6.03. The van der Waals surface area contributed by atoms with Crippen molar-refractivity contribution in [3.05, 3.63) is 23.8 Å². The number of rotatable bonds is 5. The van der Waals surface area contributed by atoms with Crippen molar-refractivity contribution < 1.29 is 14.6 Å². The SMILES string of the molecule is COc1cc(CC2(O)CC2)ccc1OC1CCCC1. The summed E-state index contributed by atoms with van der Waals surface area (Å²) in [6.07, 6.45) is 7.69. The van der Waals surface area contributed by atoms with Crippen LogP contribution < -0.4 is 9.47 Å². The smallest absolute Gasteiger partial charge is 0.161 e. The average Bonchev–Trinajstić information content (AvgIpc) is 2.92. The lowest BCUT2D eigenvalue weighted by molar-refractivity contribution is 0.150. The van der Waals surface area contributed by atoms with Gasteiger partial charge < -0.3 is 14.6 Å². The molecule has 0 amide bonds. The summed E-state index contributed by atoms with van der Waals surface area (Å²) < 4.78 is 11.4. The van der Waals surface area contributed by atoms with Crippen molar-refractivity contribution in [1.82, 2.24) is 0 Å². The molecule has 0 aliphatic heterocycles. The Hall–Kier alpha value is -1.22. The Kier molecular flexibility index (Phi) is 3.40. The van der Waals surface area contributed by atoms with E-state index in [4.69, 9.17) is 9.47 Å². The minimum absolute atomic E-state index is 0.340. The first-order valence-corrected chi connectivity index (χ1v) is 7.24. The first kappa shape index (κ1) is 12.8. The summed E-state index contributed by atoms with van der Waals surface area (Å²) in [7, 11) is 1.67. The van der Waals surface area contributed by atoms with E-state index in [1.807, 2.05) is 18.2 Å². The summed E-state index contributed by atoms with van der Waals surface area (Å²) in [6.45, 7) is 0. The van der Waals surface area contributed by atoms with Crippen LogP contribution in [0.5, 0.6) is 11.5 Å². The number of hydrogen-bond donors (Lipinski definition) is 1. The predicted octanol–water partition coefficient (Wildman–Crippen LogP) is 3.08. The van der Waals surface area contributed by atoms with Gasteiger partial charge in [0.2, 0.25) is 0 Å². The summed E-state index contributed by atoms with van der Waals surface area (Å²) in [5.74, 6) is 1.62. The molecule has 2 aliphatic rings. The van der Waals surface area contributed by atoms with Crippen LogP contribution in [-0.2, 0) is 6.42 Å². The van der Waals surface area contributed by atoms with E-state index < -0.39 is 5.60 Å². The molecule has 19 heavy (non-hydrogen) atoms. The monoisotopic (exact) mass is 262 g/mol. The number of ether oxygens (including phenoxy) is 2. The minimum Gasteiger partial charge on any atom is -0.493 e. The minimum atomic E-state index is -0.459. The highest BCUT2D eigenvalue weighted by Crippen LogP contribution is 2.40. The second kappa shape index (κ2) is 5.04. The van der Waals surface area contributed by atoms with Crippen molar-refractivity contribution in [2.24, 2.45) is 0 Å². The van der Waals surface area contributed by atoms with Gasteiger partial charge in [-0.05, 0) is 56.2 Å². The molecular formula is C16H22O3. The van der Waals surface area contributed by atoms with Crippen LogP contribution in [0.1, 0.15) is 44.1 Å². The standard InChI is InChI=1S/C16H22O3/c1-18-15-10-12(11-16(17)8-9-16)6-7-14(15)19-13-4-2-3-5-13/h6-7,10,13,17H,2-5,8-9,11H2,1H3. The number of hydrogen-bond acceptors (Lipinski definition) is 3. The van der Waals surface area contributed by atoms with Gasteiger partial charge in [-0.25, -0.2) is 0 Å². The van der Waals surface area contributed by atoms with Crippen LogP contribution >= 0.6 is 0 Å². The maximum Gasteiger partial charge on any atom is 0.161 e. The van der Waals surface area contributed by atoms with Gasteiger partial charge in [-0.1, -0.05) is 6.07 Å². The normalized spacial score (nSPS) is 21.4. The first-order valence-electron chi connectivity index (χ1n) is 7.24. The van der Waals surface area contributed by atoms with Gasteiger partial charge in [0.15, 0.2) is 11.5 Å². The zero-order chi connectivity index (χ0) is 13.3. The fraction of sp³-hybridized carbons (Fsp3) is 0.625. The van der Waals surface area contributed by atoms with Crippen molar-refractivity contribution in [3.8, 4) is 11.5 Å². The van der Waals surface area contributed by atoms with Gasteiger partial charge in [0.05, 0.1) is 18.8 Å². The van der Waals surface area contributed by atoms with E-state index >= 15 is 0 Å². The number of benzene rings is 1. The van der Waals surface area contributed by atoms with Crippen LogP contribution in [0.25, 0.3) is 0 Å². The summed E-state index contributed by atoms with van der Waals surface area (Å²) in [4.78, 5) is 0. The Balaban J connectivity index is 1.72. The van der Waals surface area contributed by atoms with Gasteiger partial charge in [-0.3, -0.25) is 0 Å². The molecule has 0 aromatic heterocycles. The highest BCUT2D eigenvalue weighted by molar-refractivity contribution is 5.43. The molecule has 1 aromatic rings. The van der Waals surface area contributed by atoms with E-state index in [0.29, 0.717) is 12.5 Å². The lowest BCUT2D eigenvalue weighted by Crippen LogP contribution is -2.13. The molecule has 3 heteroatoms. The molecule has 0 saturated heterocycles. The molecule has 1 N–H and O–H groups in total. The topological polar surface area (TPSA) is 38.7 Å². The zero-order valence-corrected chi connectivity index (χ0v) is 11.5. The van der Waals surface area contributed by atoms with Gasteiger partial charge in [0.1, 0.15) is 0 Å². The Morgan fingerprint density at radius 1 is 1.21 bits per heavy atom. The molecule has 0 unspecified atom stereocenters. The molecular weight excluding hydrogens is 240 g/mol. The maximum absolute atomic E-state index is 9.97. The third kappa shape index (κ3) is 3.03. The van der Waals surface area contributed by atoms with Crippen molar-refractivity contribution in [3.63, 3.8) is 0 Å². The van der Waals surface area contributed by atoms with E-state index in [0.717, 1.165) is 42.7 Å². The Labute approximate surface area is 114 Å². The molecule has 3 rings (SSSR count). The third-order valence-electron chi connectivity index (χ3n) is 4.18. The van der Waals surface area contributed by atoms with Gasteiger partial charge in [-0.15, -0.1) is 0 Å². The van der Waals surface area contributed by atoms with Crippen molar-refractivity contribution in [1.29, 1.82) is 0 Å². The summed E-state index contributed by atoms with van der Waals surface area (Å²) in [5, 5.41) is 9.97. The van der Waals surface area contributed by atoms with E-state index in [1.165, 1.54) is 12.8 Å². The Morgan fingerprint density at radius 3 is 2.58 bits per heavy atom. The first-order chi connectivity index (χ1) is 9.18. The van der Waals surface area contributed by atoms with Gasteiger partial charge in [0.25, 0.3) is 0 Å². The van der Waals surface area contributed by atoms with Crippen molar-refractivity contribution in [2.45, 2.75) is 56.7 Å². The Bertz CT molecular complexity index is 445. The molecule has 3 nitrogen and oxygen atoms in total. The summed E-state index contributed by atoms with van der Waals surface area (Å²) in [5.41, 5.74) is 0.661. The number of aliphatic hydroxyl groups is 1. The molecule has 2 aliphatic carbocycles. The molecule has 0 spiro atoms. The van der Waals surface area contributed by atoms with Crippen LogP contribution in [0, 0.1) is 0 Å². The molecule has 104 valence electrons. The van der Waals surface area contributed by atoms with E-state index in [-0.39, 0.29) is 0 Å². The fourth-order valence-electron chi connectivity index (χ4n) is 2.81. The maximum atomic E-state index is 9.97.